The third kappa shape index (κ3) is 3.77. The maximum Gasteiger partial charge on any atom is 0.241 e. The first-order valence-electron chi connectivity index (χ1n) is 5.17. The lowest BCUT2D eigenvalue weighted by atomic mass is 10.2. The van der Waals surface area contributed by atoms with Crippen LogP contribution in [0.2, 0.25) is 0 Å². The number of carbonyl (C=O) groups is 1. The van der Waals surface area contributed by atoms with Gasteiger partial charge in [-0.25, -0.2) is 0 Å². The summed E-state index contributed by atoms with van der Waals surface area (Å²) in [5, 5.41) is 3.10. The number of nitrogens with one attached hydrogen (secondary N) is 1. The summed E-state index contributed by atoms with van der Waals surface area (Å²) in [6.07, 6.45) is 4.59. The fraction of sp³-hybridized carbons (Fsp3) is 0.800. The Morgan fingerprint density at radius 1 is 1.43 bits per heavy atom. The van der Waals surface area contributed by atoms with Gasteiger partial charge >= 0.3 is 0 Å². The van der Waals surface area contributed by atoms with E-state index in [1.54, 1.807) is 19.0 Å². The van der Waals surface area contributed by atoms with Crippen LogP contribution in [0.3, 0.4) is 0 Å². The lowest BCUT2D eigenvalue weighted by Crippen LogP contribution is -2.36. The molecule has 0 aromatic heterocycles. The van der Waals surface area contributed by atoms with Crippen molar-refractivity contribution in [2.24, 2.45) is 4.99 Å². The Kier molecular flexibility index (Phi) is 4.43. The molecule has 1 amide bonds. The molecule has 0 aliphatic carbocycles. The standard InChI is InChI=1S/C10H19N3O/c1-13(2)10(14)8-12-9-6-4-3-5-7-11-9/h3-8H2,1-2H3,(H,11,12). The molecule has 4 heteroatoms. The molecule has 0 saturated heterocycles. The van der Waals surface area contributed by atoms with Crippen molar-refractivity contribution in [3.63, 3.8) is 0 Å². The molecule has 1 N–H and O–H groups in total. The number of amides is 1. The van der Waals surface area contributed by atoms with Gasteiger partial charge < -0.3 is 10.2 Å². The monoisotopic (exact) mass is 197 g/mol. The average Bonchev–Trinajstić information content (AvgIpc) is 2.42. The summed E-state index contributed by atoms with van der Waals surface area (Å²) >= 11 is 0. The van der Waals surface area contributed by atoms with E-state index in [-0.39, 0.29) is 5.91 Å². The second-order valence-electron chi connectivity index (χ2n) is 3.78. The summed E-state index contributed by atoms with van der Waals surface area (Å²) in [4.78, 5) is 17.3. The summed E-state index contributed by atoms with van der Waals surface area (Å²) in [5.41, 5.74) is 0. The van der Waals surface area contributed by atoms with Gasteiger partial charge in [-0.05, 0) is 12.8 Å². The highest BCUT2D eigenvalue weighted by atomic mass is 16.2. The molecule has 0 spiro atoms. The Hall–Kier alpha value is -1.06. The number of hydrogen-bond acceptors (Lipinski definition) is 3. The lowest BCUT2D eigenvalue weighted by molar-refractivity contribution is -0.127. The summed E-state index contributed by atoms with van der Waals surface area (Å²) in [5.74, 6) is 1.09. The van der Waals surface area contributed by atoms with Gasteiger partial charge in [0.1, 0.15) is 0 Å². The van der Waals surface area contributed by atoms with Gasteiger partial charge in [-0.15, -0.1) is 0 Å². The van der Waals surface area contributed by atoms with Gasteiger partial charge in [0.15, 0.2) is 0 Å². The predicted octanol–water partition coefficient (Wildman–Crippen LogP) is 0.637. The van der Waals surface area contributed by atoms with Crippen molar-refractivity contribution in [3.05, 3.63) is 0 Å². The topological polar surface area (TPSA) is 44.7 Å². The second-order valence-corrected chi connectivity index (χ2v) is 3.78. The van der Waals surface area contributed by atoms with Crippen LogP contribution in [0.25, 0.3) is 0 Å². The highest BCUT2D eigenvalue weighted by molar-refractivity contribution is 5.87. The molecule has 4 nitrogen and oxygen atoms in total. The molecule has 0 fully saturated rings. The van der Waals surface area contributed by atoms with Crippen molar-refractivity contribution < 1.29 is 4.79 Å². The fourth-order valence-corrected chi connectivity index (χ4v) is 1.35. The maximum atomic E-state index is 11.3. The van der Waals surface area contributed by atoms with E-state index in [1.807, 2.05) is 0 Å². The molecule has 1 aliphatic rings. The van der Waals surface area contributed by atoms with Gasteiger partial charge in [0.05, 0.1) is 12.4 Å². The number of aliphatic imine (C=N–C) groups is 1. The van der Waals surface area contributed by atoms with Crippen LogP contribution in [0.4, 0.5) is 0 Å². The average molecular weight is 197 g/mol. The molecule has 14 heavy (non-hydrogen) atoms. The van der Waals surface area contributed by atoms with E-state index < -0.39 is 0 Å². The Morgan fingerprint density at radius 2 is 2.21 bits per heavy atom. The van der Waals surface area contributed by atoms with E-state index in [0.29, 0.717) is 6.54 Å². The first-order chi connectivity index (χ1) is 6.70. The summed E-state index contributed by atoms with van der Waals surface area (Å²) < 4.78 is 0. The van der Waals surface area contributed by atoms with E-state index in [2.05, 4.69) is 10.3 Å². The van der Waals surface area contributed by atoms with Gasteiger partial charge in [-0.1, -0.05) is 6.42 Å². The van der Waals surface area contributed by atoms with Crippen LogP contribution in [0, 0.1) is 0 Å². The Labute approximate surface area is 85.4 Å². The molecular formula is C10H19N3O. The van der Waals surface area contributed by atoms with Gasteiger partial charge in [0, 0.05) is 27.1 Å². The number of hydrogen-bond donors (Lipinski definition) is 1. The molecule has 0 saturated carbocycles. The van der Waals surface area contributed by atoms with Crippen LogP contribution in [0.1, 0.15) is 25.7 Å². The van der Waals surface area contributed by atoms with Crippen LogP contribution in [0.15, 0.2) is 4.99 Å². The molecule has 0 atom stereocenters. The first kappa shape index (κ1) is 11.0. The van der Waals surface area contributed by atoms with E-state index in [1.165, 1.54) is 19.3 Å². The summed E-state index contributed by atoms with van der Waals surface area (Å²) in [6, 6.07) is 0. The van der Waals surface area contributed by atoms with Crippen LogP contribution in [-0.2, 0) is 4.79 Å². The van der Waals surface area contributed by atoms with Crippen LogP contribution in [0.5, 0.6) is 0 Å². The number of nitrogens with zero attached hydrogens (tertiary/aromatic N) is 2. The maximum absolute atomic E-state index is 11.3. The van der Waals surface area contributed by atoms with Crippen LogP contribution in [-0.4, -0.2) is 43.8 Å². The van der Waals surface area contributed by atoms with Crippen LogP contribution >= 0.6 is 0 Å². The predicted molar refractivity (Wildman–Crippen MR) is 57.5 cm³/mol. The minimum absolute atomic E-state index is 0.0944. The highest BCUT2D eigenvalue weighted by Crippen LogP contribution is 2.05. The number of rotatable bonds is 2. The first-order valence-corrected chi connectivity index (χ1v) is 5.17. The zero-order valence-corrected chi connectivity index (χ0v) is 9.05. The van der Waals surface area contributed by atoms with Gasteiger partial charge in [0.2, 0.25) is 5.91 Å². The summed E-state index contributed by atoms with van der Waals surface area (Å²) in [7, 11) is 3.53. The molecule has 0 bridgehead atoms. The van der Waals surface area contributed by atoms with E-state index in [0.717, 1.165) is 18.8 Å². The smallest absolute Gasteiger partial charge is 0.241 e. The number of carbonyl (C=O) groups excluding carboxylic acids is 1. The Morgan fingerprint density at radius 3 is 2.93 bits per heavy atom. The van der Waals surface area contributed by atoms with Gasteiger partial charge in [0.25, 0.3) is 0 Å². The number of likely N-dealkylation sites (N-methyl/N-ethyl adjacent to an activating group) is 1. The Bertz CT molecular complexity index is 223. The molecule has 1 rings (SSSR count). The van der Waals surface area contributed by atoms with E-state index in [4.69, 9.17) is 0 Å². The van der Waals surface area contributed by atoms with E-state index in [9.17, 15) is 4.79 Å². The molecule has 1 heterocycles. The highest BCUT2D eigenvalue weighted by Gasteiger charge is 2.07. The third-order valence-electron chi connectivity index (χ3n) is 2.32. The second kappa shape index (κ2) is 5.62. The normalized spacial score (nSPS) is 16.9. The molecular weight excluding hydrogens is 178 g/mol. The fourth-order valence-electron chi connectivity index (χ4n) is 1.35. The molecule has 0 radical (unpaired) electrons. The molecule has 0 unspecified atom stereocenters. The minimum Gasteiger partial charge on any atom is -0.365 e. The molecule has 1 aliphatic heterocycles. The molecule has 0 aromatic carbocycles. The van der Waals surface area contributed by atoms with Gasteiger partial charge in [-0.3, -0.25) is 9.79 Å². The van der Waals surface area contributed by atoms with Crippen molar-refractivity contribution in [2.75, 3.05) is 27.2 Å². The van der Waals surface area contributed by atoms with E-state index >= 15 is 0 Å². The SMILES string of the molecule is CN(C)C(=O)CNC1=NCCCCC1. The van der Waals surface area contributed by atoms with Crippen molar-refractivity contribution in [1.29, 1.82) is 0 Å². The Balaban J connectivity index is 2.29. The summed E-state index contributed by atoms with van der Waals surface area (Å²) in [6.45, 7) is 1.27. The van der Waals surface area contributed by atoms with Crippen molar-refractivity contribution >= 4 is 11.7 Å². The van der Waals surface area contributed by atoms with Crippen molar-refractivity contribution in [3.8, 4) is 0 Å². The minimum atomic E-state index is 0.0944. The zero-order chi connectivity index (χ0) is 10.4. The third-order valence-corrected chi connectivity index (χ3v) is 2.32. The van der Waals surface area contributed by atoms with Crippen molar-refractivity contribution in [2.45, 2.75) is 25.7 Å². The molecule has 0 aromatic rings. The lowest BCUT2D eigenvalue weighted by Gasteiger charge is -2.12. The van der Waals surface area contributed by atoms with Crippen LogP contribution < -0.4 is 5.32 Å². The molecule has 80 valence electrons. The zero-order valence-electron chi connectivity index (χ0n) is 9.05. The number of amidine groups is 1. The quantitative estimate of drug-likeness (QED) is 0.706. The largest absolute Gasteiger partial charge is 0.365 e. The van der Waals surface area contributed by atoms with Gasteiger partial charge in [-0.2, -0.15) is 0 Å². The van der Waals surface area contributed by atoms with Crippen molar-refractivity contribution in [1.82, 2.24) is 10.2 Å².